The second-order valence-corrected chi connectivity index (χ2v) is 14.6. The largest absolute Gasteiger partial charge is 0.496 e. The second kappa shape index (κ2) is 14.6. The van der Waals surface area contributed by atoms with Gasteiger partial charge < -0.3 is 18.9 Å². The third-order valence-electron chi connectivity index (χ3n) is 10.1. The lowest BCUT2D eigenvalue weighted by Crippen LogP contribution is -2.45. The van der Waals surface area contributed by atoms with E-state index in [2.05, 4.69) is 53.1 Å². The highest BCUT2D eigenvalue weighted by Crippen LogP contribution is 2.38. The summed E-state index contributed by atoms with van der Waals surface area (Å²) in [6.07, 6.45) is 4.45. The molecule has 1 fully saturated rings. The van der Waals surface area contributed by atoms with Crippen LogP contribution in [0, 0.1) is 30.6 Å². The first-order chi connectivity index (χ1) is 23.3. The zero-order valence-electron chi connectivity index (χ0n) is 30.6. The molecule has 9 nitrogen and oxygen atoms in total. The number of carbonyl (C=O) groups is 1. The summed E-state index contributed by atoms with van der Waals surface area (Å²) in [5.74, 6) is 1.37. The van der Waals surface area contributed by atoms with E-state index in [0.29, 0.717) is 13.1 Å². The number of rotatable bonds is 8. The molecular formula is C40H51N5O4. The van der Waals surface area contributed by atoms with Gasteiger partial charge in [0.1, 0.15) is 23.1 Å². The molecule has 1 saturated heterocycles. The van der Waals surface area contributed by atoms with Crippen LogP contribution in [0.2, 0.25) is 0 Å². The van der Waals surface area contributed by atoms with Crippen molar-refractivity contribution in [1.82, 2.24) is 19.3 Å². The van der Waals surface area contributed by atoms with Crippen LogP contribution in [0.1, 0.15) is 67.1 Å². The molecule has 2 aliphatic heterocycles. The van der Waals surface area contributed by atoms with Crippen molar-refractivity contribution in [2.75, 3.05) is 46.9 Å². The fraction of sp³-hybridized carbons (Fsp3) is 0.475. The maximum Gasteiger partial charge on any atom is 0.264 e. The van der Waals surface area contributed by atoms with Crippen LogP contribution in [0.25, 0.3) is 11.1 Å². The molecule has 0 N–H and O–H groups in total. The molecule has 5 rings (SSSR count). The standard InChI is InChI=1S/C40H51N5O4/c1-26-27(2)38(46)42(7)24-34(26)30-19-36(48-8)35(37(20-30)49-9)25-44-17-15-43(16-18-44)23-29-11-10-12-32-28(3)45(14-13-33(29)32)39(47)31(22-41)21-40(4,5)6/h10-12,19-21,24,28H,13-18,23,25H2,1-9H3/b31-21+. The molecular weight excluding hydrogens is 614 g/mol. The lowest BCUT2D eigenvalue weighted by molar-refractivity contribution is -0.129. The van der Waals surface area contributed by atoms with Crippen LogP contribution in [-0.4, -0.2) is 72.1 Å². The van der Waals surface area contributed by atoms with E-state index < -0.39 is 0 Å². The third-order valence-corrected chi connectivity index (χ3v) is 10.1. The maximum absolute atomic E-state index is 13.4. The Hall–Kier alpha value is -4.39. The number of methoxy groups -OCH3 is 2. The van der Waals surface area contributed by atoms with E-state index in [1.165, 1.54) is 16.7 Å². The number of nitrogens with zero attached hydrogens (tertiary/aromatic N) is 5. The van der Waals surface area contributed by atoms with Gasteiger partial charge >= 0.3 is 0 Å². The summed E-state index contributed by atoms with van der Waals surface area (Å²) in [6, 6.07) is 12.6. The lowest BCUT2D eigenvalue weighted by Gasteiger charge is -2.38. The van der Waals surface area contributed by atoms with Crippen molar-refractivity contribution in [2.24, 2.45) is 12.5 Å². The van der Waals surface area contributed by atoms with Crippen LogP contribution < -0.4 is 15.0 Å². The molecule has 1 atom stereocenters. The number of nitriles is 1. The van der Waals surface area contributed by atoms with Crippen molar-refractivity contribution in [1.29, 1.82) is 5.26 Å². The summed E-state index contributed by atoms with van der Waals surface area (Å²) >= 11 is 0. The highest BCUT2D eigenvalue weighted by atomic mass is 16.5. The predicted molar refractivity (Wildman–Crippen MR) is 194 cm³/mol. The van der Waals surface area contributed by atoms with Gasteiger partial charge in [-0.2, -0.15) is 5.26 Å². The minimum absolute atomic E-state index is 0.00983. The summed E-state index contributed by atoms with van der Waals surface area (Å²) in [7, 11) is 5.17. The Balaban J connectivity index is 1.27. The summed E-state index contributed by atoms with van der Waals surface area (Å²) < 4.78 is 13.5. The molecule has 49 heavy (non-hydrogen) atoms. The highest BCUT2D eigenvalue weighted by molar-refractivity contribution is 5.97. The van der Waals surface area contributed by atoms with Crippen LogP contribution in [-0.2, 0) is 31.4 Å². The Labute approximate surface area is 291 Å². The monoisotopic (exact) mass is 665 g/mol. The zero-order valence-corrected chi connectivity index (χ0v) is 30.6. The summed E-state index contributed by atoms with van der Waals surface area (Å²) in [6.45, 7) is 17.8. The molecule has 2 aromatic carbocycles. The maximum atomic E-state index is 13.4. The molecule has 9 heteroatoms. The molecule has 1 amide bonds. The van der Waals surface area contributed by atoms with Gasteiger partial charge in [0.15, 0.2) is 0 Å². The average Bonchev–Trinajstić information content (AvgIpc) is 3.08. The minimum atomic E-state index is -0.248. The Kier molecular flexibility index (Phi) is 10.7. The predicted octanol–water partition coefficient (Wildman–Crippen LogP) is 5.95. The first-order valence-electron chi connectivity index (χ1n) is 17.2. The Bertz CT molecular complexity index is 1830. The molecule has 1 unspecified atom stereocenters. The van der Waals surface area contributed by atoms with Crippen molar-refractivity contribution >= 4 is 5.91 Å². The number of fused-ring (bicyclic) bond motifs is 1. The first-order valence-corrected chi connectivity index (χ1v) is 17.2. The summed E-state index contributed by atoms with van der Waals surface area (Å²) in [5.41, 5.74) is 8.46. The lowest BCUT2D eigenvalue weighted by atomic mass is 9.88. The molecule has 1 aromatic heterocycles. The molecule has 3 aromatic rings. The summed E-state index contributed by atoms with van der Waals surface area (Å²) in [5, 5.41) is 9.74. The zero-order chi connectivity index (χ0) is 35.6. The van der Waals surface area contributed by atoms with Gasteiger partial charge in [0, 0.05) is 70.2 Å². The van der Waals surface area contributed by atoms with Crippen LogP contribution in [0.3, 0.4) is 0 Å². The van der Waals surface area contributed by atoms with Gasteiger partial charge in [0.05, 0.1) is 25.8 Å². The molecule has 2 aliphatic rings. The Morgan fingerprint density at radius 3 is 2.16 bits per heavy atom. The van der Waals surface area contributed by atoms with Crippen LogP contribution in [0.5, 0.6) is 11.5 Å². The number of hydrogen-bond donors (Lipinski definition) is 0. The number of amides is 1. The van der Waals surface area contributed by atoms with Gasteiger partial charge in [-0.25, -0.2) is 0 Å². The van der Waals surface area contributed by atoms with E-state index in [0.717, 1.165) is 78.5 Å². The number of piperazine rings is 1. The quantitative estimate of drug-likeness (QED) is 0.217. The van der Waals surface area contributed by atoms with E-state index in [9.17, 15) is 14.9 Å². The molecule has 0 bridgehead atoms. The van der Waals surface area contributed by atoms with Gasteiger partial charge in [-0.3, -0.25) is 19.4 Å². The van der Waals surface area contributed by atoms with Crippen molar-refractivity contribution in [3.63, 3.8) is 0 Å². The number of allylic oxidation sites excluding steroid dienone is 1. The number of aromatic nitrogens is 1. The number of ether oxygens (including phenoxy) is 2. The van der Waals surface area contributed by atoms with Crippen molar-refractivity contribution < 1.29 is 14.3 Å². The molecule has 0 radical (unpaired) electrons. The summed E-state index contributed by atoms with van der Waals surface area (Å²) in [4.78, 5) is 32.7. The Morgan fingerprint density at radius 2 is 1.59 bits per heavy atom. The number of hydrogen-bond acceptors (Lipinski definition) is 7. The number of benzene rings is 2. The van der Waals surface area contributed by atoms with Crippen molar-refractivity contribution in [2.45, 2.75) is 67.1 Å². The average molecular weight is 666 g/mol. The first kappa shape index (κ1) is 35.9. The van der Waals surface area contributed by atoms with Gasteiger partial charge in [0.2, 0.25) is 0 Å². The third kappa shape index (κ3) is 7.61. The highest BCUT2D eigenvalue weighted by Gasteiger charge is 2.32. The molecule has 3 heterocycles. The van der Waals surface area contributed by atoms with E-state index >= 15 is 0 Å². The smallest absolute Gasteiger partial charge is 0.264 e. The van der Waals surface area contributed by atoms with E-state index in [1.54, 1.807) is 31.9 Å². The van der Waals surface area contributed by atoms with Crippen LogP contribution >= 0.6 is 0 Å². The van der Waals surface area contributed by atoms with E-state index in [-0.39, 0.29) is 28.5 Å². The molecule has 0 aliphatic carbocycles. The van der Waals surface area contributed by atoms with Crippen LogP contribution in [0.15, 0.2) is 53.0 Å². The second-order valence-electron chi connectivity index (χ2n) is 14.6. The fourth-order valence-electron chi connectivity index (χ4n) is 7.23. The van der Waals surface area contributed by atoms with E-state index in [4.69, 9.17) is 9.47 Å². The molecule has 0 saturated carbocycles. The molecule has 0 spiro atoms. The van der Waals surface area contributed by atoms with Gasteiger partial charge in [-0.05, 0) is 72.6 Å². The fourth-order valence-corrected chi connectivity index (χ4v) is 7.23. The topological polar surface area (TPSA) is 91.0 Å². The van der Waals surface area contributed by atoms with Gasteiger partial charge in [-0.15, -0.1) is 0 Å². The number of aryl methyl sites for hydroxylation is 1. The normalized spacial score (nSPS) is 17.4. The SMILES string of the molecule is COc1cc(-c2cn(C)c(=O)c(C)c2C)cc(OC)c1CN1CCN(Cc2cccc3c2CCN(C(=O)/C(C#N)=C/C(C)(C)C)C3C)CC1. The van der Waals surface area contributed by atoms with Crippen LogP contribution in [0.4, 0.5) is 0 Å². The Morgan fingerprint density at radius 1 is 0.980 bits per heavy atom. The van der Waals surface area contributed by atoms with E-state index in [1.807, 2.05) is 45.7 Å². The van der Waals surface area contributed by atoms with Gasteiger partial charge in [-0.1, -0.05) is 45.0 Å². The molecule has 260 valence electrons. The number of pyridine rings is 1. The van der Waals surface area contributed by atoms with Gasteiger partial charge in [0.25, 0.3) is 11.5 Å². The number of carbonyl (C=O) groups excluding carboxylic acids is 1. The van der Waals surface area contributed by atoms with Crippen molar-refractivity contribution in [3.05, 3.63) is 91.9 Å². The minimum Gasteiger partial charge on any atom is -0.496 e. The van der Waals surface area contributed by atoms with Crippen molar-refractivity contribution in [3.8, 4) is 28.7 Å².